The summed E-state index contributed by atoms with van der Waals surface area (Å²) in [5.41, 5.74) is -0.491. The Kier molecular flexibility index (Phi) is 6.62. The number of piperidine rings is 1. The molecule has 4 rings (SSSR count). The van der Waals surface area contributed by atoms with Crippen molar-refractivity contribution in [2.24, 2.45) is 5.92 Å². The van der Waals surface area contributed by atoms with Crippen LogP contribution in [0, 0.1) is 12.8 Å². The van der Waals surface area contributed by atoms with Crippen molar-refractivity contribution < 1.29 is 26.4 Å². The van der Waals surface area contributed by atoms with E-state index in [1.807, 2.05) is 0 Å². The number of aromatic nitrogens is 4. The molecule has 2 fully saturated rings. The lowest BCUT2D eigenvalue weighted by molar-refractivity contribution is -0.137. The standard InChI is InChI=1S/C21H25F3N6O3S/c1-12(20(31)18-10-25-8-7-19(18)28-34(32,33)16-4-5-16)17-6-3-15(21(22,23)24)9-14(17)11-30-27-13(2)26-29-30/h3,6,9,16,18-19,25,28H,1,4-5,7-8,10-11H2,2H3. The summed E-state index contributed by atoms with van der Waals surface area (Å²) < 4.78 is 67.7. The van der Waals surface area contributed by atoms with E-state index < -0.39 is 44.8 Å². The number of aryl methyl sites for hydroxylation is 1. The molecular weight excluding hydrogens is 473 g/mol. The number of tetrazole rings is 1. The molecule has 13 heteroatoms. The molecule has 1 aliphatic heterocycles. The van der Waals surface area contributed by atoms with Gasteiger partial charge >= 0.3 is 6.18 Å². The highest BCUT2D eigenvalue weighted by atomic mass is 32.2. The first kappa shape index (κ1) is 24.5. The van der Waals surface area contributed by atoms with E-state index in [9.17, 15) is 26.4 Å². The minimum atomic E-state index is -4.58. The van der Waals surface area contributed by atoms with Crippen LogP contribution in [0.3, 0.4) is 0 Å². The summed E-state index contributed by atoms with van der Waals surface area (Å²) in [6.07, 6.45) is -2.98. The molecule has 2 aliphatic rings. The lowest BCUT2D eigenvalue weighted by Gasteiger charge is -2.32. The summed E-state index contributed by atoms with van der Waals surface area (Å²) in [5, 5.41) is 14.2. The highest BCUT2D eigenvalue weighted by molar-refractivity contribution is 7.90. The highest BCUT2D eigenvalue weighted by Gasteiger charge is 2.41. The van der Waals surface area contributed by atoms with Crippen LogP contribution < -0.4 is 10.0 Å². The van der Waals surface area contributed by atoms with Crippen LogP contribution in [0.15, 0.2) is 24.8 Å². The molecule has 1 aromatic heterocycles. The van der Waals surface area contributed by atoms with Crippen LogP contribution in [0.4, 0.5) is 13.2 Å². The summed E-state index contributed by atoms with van der Waals surface area (Å²) in [6.45, 7) is 6.10. The van der Waals surface area contributed by atoms with Gasteiger partial charge in [-0.25, -0.2) is 13.1 Å². The van der Waals surface area contributed by atoms with Gasteiger partial charge in [0.05, 0.1) is 23.3 Å². The molecule has 1 aliphatic carbocycles. The van der Waals surface area contributed by atoms with E-state index in [1.54, 1.807) is 6.92 Å². The Bertz CT molecular complexity index is 1210. The average molecular weight is 499 g/mol. The summed E-state index contributed by atoms with van der Waals surface area (Å²) in [4.78, 5) is 14.6. The van der Waals surface area contributed by atoms with Crippen molar-refractivity contribution in [1.82, 2.24) is 30.2 Å². The largest absolute Gasteiger partial charge is 0.416 e. The van der Waals surface area contributed by atoms with E-state index in [4.69, 9.17) is 0 Å². The van der Waals surface area contributed by atoms with Crippen LogP contribution >= 0.6 is 0 Å². The minimum absolute atomic E-state index is 0.00452. The lowest BCUT2D eigenvalue weighted by Crippen LogP contribution is -2.52. The topological polar surface area (TPSA) is 119 Å². The van der Waals surface area contributed by atoms with Crippen molar-refractivity contribution >= 4 is 21.4 Å². The SMILES string of the molecule is C=C(C(=O)C1CNCCC1NS(=O)(=O)C1CC1)c1ccc(C(F)(F)F)cc1Cn1nnc(C)n1. The number of carbonyl (C=O) groups excluding carboxylic acids is 1. The lowest BCUT2D eigenvalue weighted by atomic mass is 9.84. The van der Waals surface area contributed by atoms with Crippen molar-refractivity contribution in [3.05, 3.63) is 47.3 Å². The zero-order valence-electron chi connectivity index (χ0n) is 18.5. The fourth-order valence-corrected chi connectivity index (χ4v) is 5.71. The minimum Gasteiger partial charge on any atom is -0.316 e. The monoisotopic (exact) mass is 498 g/mol. The third-order valence-electron chi connectivity index (χ3n) is 6.02. The molecule has 2 atom stereocenters. The number of nitrogens with zero attached hydrogens (tertiary/aromatic N) is 4. The highest BCUT2D eigenvalue weighted by Crippen LogP contribution is 2.34. The smallest absolute Gasteiger partial charge is 0.316 e. The Morgan fingerprint density at radius 2 is 2.03 bits per heavy atom. The summed E-state index contributed by atoms with van der Waals surface area (Å²) in [6, 6.07) is 2.43. The summed E-state index contributed by atoms with van der Waals surface area (Å²) >= 11 is 0. The van der Waals surface area contributed by atoms with Gasteiger partial charge in [0, 0.05) is 18.2 Å². The summed E-state index contributed by atoms with van der Waals surface area (Å²) in [5.74, 6) is -0.821. The number of nitrogens with one attached hydrogen (secondary N) is 2. The van der Waals surface area contributed by atoms with Crippen LogP contribution in [0.25, 0.3) is 5.57 Å². The predicted octanol–water partition coefficient (Wildman–Crippen LogP) is 1.69. The molecule has 2 unspecified atom stereocenters. The van der Waals surface area contributed by atoms with E-state index in [0.717, 1.165) is 16.9 Å². The Balaban J connectivity index is 1.62. The molecule has 0 bridgehead atoms. The zero-order chi connectivity index (χ0) is 24.7. The van der Waals surface area contributed by atoms with Gasteiger partial charge in [0.15, 0.2) is 11.6 Å². The molecule has 184 valence electrons. The molecule has 1 saturated heterocycles. The number of alkyl halides is 3. The molecular formula is C21H25F3N6O3S. The molecule has 0 spiro atoms. The molecule has 9 nitrogen and oxygen atoms in total. The number of sulfonamides is 1. The van der Waals surface area contributed by atoms with Crippen LogP contribution in [0.5, 0.6) is 0 Å². The molecule has 2 heterocycles. The number of halogens is 3. The quantitative estimate of drug-likeness (QED) is 0.532. The zero-order valence-corrected chi connectivity index (χ0v) is 19.3. The second-order valence-corrected chi connectivity index (χ2v) is 10.6. The third kappa shape index (κ3) is 5.36. The Morgan fingerprint density at radius 3 is 2.65 bits per heavy atom. The van der Waals surface area contributed by atoms with Gasteiger partial charge in [-0.1, -0.05) is 12.6 Å². The van der Waals surface area contributed by atoms with Gasteiger partial charge in [-0.05, 0) is 61.2 Å². The van der Waals surface area contributed by atoms with Gasteiger partial charge in [0.25, 0.3) is 0 Å². The maximum Gasteiger partial charge on any atom is 0.416 e. The van der Waals surface area contributed by atoms with Gasteiger partial charge < -0.3 is 5.32 Å². The van der Waals surface area contributed by atoms with Crippen molar-refractivity contribution in [1.29, 1.82) is 0 Å². The normalized spacial score (nSPS) is 21.4. The first-order chi connectivity index (χ1) is 16.0. The Labute approximate surface area is 194 Å². The molecule has 0 radical (unpaired) electrons. The predicted molar refractivity (Wildman–Crippen MR) is 117 cm³/mol. The fraction of sp³-hybridized carbons (Fsp3) is 0.524. The van der Waals surface area contributed by atoms with Gasteiger partial charge in [-0.15, -0.1) is 10.2 Å². The van der Waals surface area contributed by atoms with Crippen molar-refractivity contribution in [2.75, 3.05) is 13.1 Å². The van der Waals surface area contributed by atoms with Crippen LogP contribution in [-0.4, -0.2) is 58.8 Å². The number of hydrogen-bond acceptors (Lipinski definition) is 7. The average Bonchev–Trinajstić information content (AvgIpc) is 3.56. The van der Waals surface area contributed by atoms with E-state index in [2.05, 4.69) is 32.0 Å². The second kappa shape index (κ2) is 9.19. The van der Waals surface area contributed by atoms with Crippen LogP contribution in [0.2, 0.25) is 0 Å². The second-order valence-electron chi connectivity index (χ2n) is 8.65. The molecule has 2 aromatic rings. The number of hydrogen-bond donors (Lipinski definition) is 2. The fourth-order valence-electron chi connectivity index (χ4n) is 4.06. The number of benzene rings is 1. The number of allylic oxidation sites excluding steroid dienone is 1. The van der Waals surface area contributed by atoms with E-state index in [-0.39, 0.29) is 29.8 Å². The van der Waals surface area contributed by atoms with E-state index >= 15 is 0 Å². The number of ketones is 1. The van der Waals surface area contributed by atoms with Gasteiger partial charge in [0.1, 0.15) is 0 Å². The number of Topliss-reactive ketones (excluding diaryl/α,β-unsaturated/α-hetero) is 1. The van der Waals surface area contributed by atoms with Crippen LogP contribution in [0.1, 0.15) is 41.8 Å². The molecule has 0 amide bonds. The van der Waals surface area contributed by atoms with Crippen molar-refractivity contribution in [3.8, 4) is 0 Å². The summed E-state index contributed by atoms with van der Waals surface area (Å²) in [7, 11) is -3.52. The van der Waals surface area contributed by atoms with Crippen molar-refractivity contribution in [3.63, 3.8) is 0 Å². The van der Waals surface area contributed by atoms with Gasteiger partial charge in [-0.3, -0.25) is 4.79 Å². The first-order valence-corrected chi connectivity index (χ1v) is 12.4. The number of carbonyl (C=O) groups is 1. The Hall–Kier alpha value is -2.64. The Morgan fingerprint density at radius 1 is 1.29 bits per heavy atom. The van der Waals surface area contributed by atoms with Crippen molar-refractivity contribution in [2.45, 2.75) is 50.2 Å². The van der Waals surface area contributed by atoms with Gasteiger partial charge in [0.2, 0.25) is 10.0 Å². The number of rotatable bonds is 8. The molecule has 2 N–H and O–H groups in total. The van der Waals surface area contributed by atoms with E-state index in [1.165, 1.54) is 6.07 Å². The van der Waals surface area contributed by atoms with Gasteiger partial charge in [-0.2, -0.15) is 18.0 Å². The van der Waals surface area contributed by atoms with E-state index in [0.29, 0.717) is 31.6 Å². The third-order valence-corrected chi connectivity index (χ3v) is 8.00. The molecule has 1 saturated carbocycles. The maximum absolute atomic E-state index is 13.4. The maximum atomic E-state index is 13.4. The molecule has 34 heavy (non-hydrogen) atoms. The molecule has 1 aromatic carbocycles. The van der Waals surface area contributed by atoms with Crippen LogP contribution in [-0.2, 0) is 27.5 Å². The first-order valence-electron chi connectivity index (χ1n) is 10.9.